The predicted molar refractivity (Wildman–Crippen MR) is 95.2 cm³/mol. The zero-order chi connectivity index (χ0) is 17.2. The summed E-state index contributed by atoms with van der Waals surface area (Å²) in [4.78, 5) is 7.23. The second-order valence-corrected chi connectivity index (χ2v) is 7.39. The van der Waals surface area contributed by atoms with Gasteiger partial charge in [-0.2, -0.15) is 5.26 Å². The number of nitrogens with one attached hydrogen (secondary N) is 1. The third-order valence-corrected chi connectivity index (χ3v) is 4.98. The minimum absolute atomic E-state index is 0.220. The van der Waals surface area contributed by atoms with Gasteiger partial charge in [-0.1, -0.05) is 13.3 Å². The van der Waals surface area contributed by atoms with Gasteiger partial charge in [0.15, 0.2) is 0 Å². The Kier molecular flexibility index (Phi) is 5.07. The van der Waals surface area contributed by atoms with E-state index >= 15 is 0 Å². The van der Waals surface area contributed by atoms with Crippen molar-refractivity contribution in [1.29, 1.82) is 5.26 Å². The third kappa shape index (κ3) is 3.40. The molecule has 3 rings (SSSR count). The molecule has 130 valence electrons. The molecule has 1 fully saturated rings. The van der Waals surface area contributed by atoms with E-state index in [1.54, 1.807) is 0 Å². The first kappa shape index (κ1) is 17.2. The van der Waals surface area contributed by atoms with Gasteiger partial charge in [-0.25, -0.2) is 4.98 Å². The predicted octanol–water partition coefficient (Wildman–Crippen LogP) is 2.56. The van der Waals surface area contributed by atoms with Crippen molar-refractivity contribution in [1.82, 2.24) is 10.3 Å². The summed E-state index contributed by atoms with van der Waals surface area (Å²) < 4.78 is 6.02. The average Bonchev–Trinajstić information content (AvgIpc) is 2.58. The number of fused-ring (bicyclic) bond motifs is 1. The van der Waals surface area contributed by atoms with Crippen LogP contribution in [0.4, 0.5) is 5.82 Å². The number of nitriles is 1. The smallest absolute Gasteiger partial charge is 0.147 e. The van der Waals surface area contributed by atoms with Crippen molar-refractivity contribution in [3.05, 3.63) is 22.4 Å². The molecule has 0 radical (unpaired) electrons. The maximum atomic E-state index is 9.87. The Balaban J connectivity index is 2.09. The minimum Gasteiger partial charge on any atom is -0.370 e. The molecule has 2 aliphatic heterocycles. The molecule has 5 nitrogen and oxygen atoms in total. The summed E-state index contributed by atoms with van der Waals surface area (Å²) in [7, 11) is 0. The maximum absolute atomic E-state index is 9.87. The fourth-order valence-electron chi connectivity index (χ4n) is 3.59. The van der Waals surface area contributed by atoms with Crippen LogP contribution in [-0.4, -0.2) is 36.8 Å². The van der Waals surface area contributed by atoms with E-state index in [4.69, 9.17) is 9.72 Å². The quantitative estimate of drug-likeness (QED) is 0.920. The molecule has 1 N–H and O–H groups in total. The van der Waals surface area contributed by atoms with Crippen LogP contribution in [0.1, 0.15) is 56.0 Å². The van der Waals surface area contributed by atoms with Gasteiger partial charge in [0.05, 0.1) is 17.8 Å². The molecule has 1 aromatic heterocycles. The summed E-state index contributed by atoms with van der Waals surface area (Å²) >= 11 is 0. The lowest BCUT2D eigenvalue weighted by Crippen LogP contribution is -2.44. The Hall–Kier alpha value is -1.64. The van der Waals surface area contributed by atoms with Crippen LogP contribution < -0.4 is 10.2 Å². The van der Waals surface area contributed by atoms with Crippen LogP contribution in [0, 0.1) is 11.3 Å². The molecule has 0 unspecified atom stereocenters. The van der Waals surface area contributed by atoms with Crippen molar-refractivity contribution in [2.75, 3.05) is 31.1 Å². The first-order valence-electron chi connectivity index (χ1n) is 9.10. The van der Waals surface area contributed by atoms with Gasteiger partial charge >= 0.3 is 0 Å². The number of pyridine rings is 1. The highest BCUT2D eigenvalue weighted by molar-refractivity contribution is 5.62. The molecule has 5 heteroatoms. The second kappa shape index (κ2) is 7.08. The van der Waals surface area contributed by atoms with Crippen LogP contribution in [-0.2, 0) is 24.2 Å². The van der Waals surface area contributed by atoms with Crippen molar-refractivity contribution in [2.45, 2.75) is 58.7 Å². The van der Waals surface area contributed by atoms with Gasteiger partial charge in [0, 0.05) is 43.9 Å². The van der Waals surface area contributed by atoms with E-state index in [-0.39, 0.29) is 5.60 Å². The number of unbranched alkanes of at least 4 members (excludes halogenated alkanes) is 1. The first-order chi connectivity index (χ1) is 11.6. The highest BCUT2D eigenvalue weighted by Crippen LogP contribution is 2.35. The van der Waals surface area contributed by atoms with Gasteiger partial charge in [-0.05, 0) is 32.3 Å². The SMILES string of the molecule is CCCCc1nc(N2CCNCC2)c(C#N)c2c1COC(C)(C)C2. The molecule has 2 aliphatic rings. The van der Waals surface area contributed by atoms with E-state index in [0.717, 1.165) is 68.9 Å². The maximum Gasteiger partial charge on any atom is 0.147 e. The van der Waals surface area contributed by atoms with Crippen molar-refractivity contribution in [3.8, 4) is 6.07 Å². The Morgan fingerprint density at radius 1 is 1.29 bits per heavy atom. The van der Waals surface area contributed by atoms with E-state index in [9.17, 15) is 5.26 Å². The van der Waals surface area contributed by atoms with Gasteiger partial charge in [-0.15, -0.1) is 0 Å². The van der Waals surface area contributed by atoms with Gasteiger partial charge in [-0.3, -0.25) is 0 Å². The lowest BCUT2D eigenvalue weighted by atomic mass is 9.87. The minimum atomic E-state index is -0.220. The molecule has 3 heterocycles. The molecule has 0 amide bonds. The van der Waals surface area contributed by atoms with Gasteiger partial charge < -0.3 is 15.0 Å². The fraction of sp³-hybridized carbons (Fsp3) is 0.684. The number of hydrogen-bond donors (Lipinski definition) is 1. The van der Waals surface area contributed by atoms with Crippen LogP contribution in [0.15, 0.2) is 0 Å². The first-order valence-corrected chi connectivity index (χ1v) is 9.10. The molecule has 0 bridgehead atoms. The summed E-state index contributed by atoms with van der Waals surface area (Å²) in [6.07, 6.45) is 4.01. The lowest BCUT2D eigenvalue weighted by Gasteiger charge is -2.36. The highest BCUT2D eigenvalue weighted by Gasteiger charge is 2.32. The largest absolute Gasteiger partial charge is 0.370 e. The van der Waals surface area contributed by atoms with Crippen molar-refractivity contribution in [2.24, 2.45) is 0 Å². The number of aromatic nitrogens is 1. The highest BCUT2D eigenvalue weighted by atomic mass is 16.5. The standard InChI is InChI=1S/C19H28N4O/c1-4-5-6-17-16-13-24-19(2,3)11-14(16)15(12-20)18(22-17)23-9-7-21-8-10-23/h21H,4-11,13H2,1-3H3. The molecule has 1 saturated heterocycles. The Morgan fingerprint density at radius 3 is 2.71 bits per heavy atom. The van der Waals surface area contributed by atoms with E-state index in [0.29, 0.717) is 6.61 Å². The number of ether oxygens (including phenoxy) is 1. The number of rotatable bonds is 4. The van der Waals surface area contributed by atoms with Crippen molar-refractivity contribution >= 4 is 5.82 Å². The van der Waals surface area contributed by atoms with Crippen LogP contribution in [0.25, 0.3) is 0 Å². The topological polar surface area (TPSA) is 61.2 Å². The Labute approximate surface area is 145 Å². The normalized spacial score (nSPS) is 19.7. The van der Waals surface area contributed by atoms with Crippen LogP contribution in [0.5, 0.6) is 0 Å². The van der Waals surface area contributed by atoms with Crippen molar-refractivity contribution in [3.63, 3.8) is 0 Å². The monoisotopic (exact) mass is 328 g/mol. The summed E-state index contributed by atoms with van der Waals surface area (Å²) in [6.45, 7) is 10.7. The molecular formula is C19H28N4O. The number of aryl methyl sites for hydroxylation is 1. The number of hydrogen-bond acceptors (Lipinski definition) is 5. The average molecular weight is 328 g/mol. The molecular weight excluding hydrogens is 300 g/mol. The van der Waals surface area contributed by atoms with Crippen LogP contribution >= 0.6 is 0 Å². The number of anilines is 1. The van der Waals surface area contributed by atoms with E-state index in [1.165, 1.54) is 11.1 Å². The van der Waals surface area contributed by atoms with E-state index < -0.39 is 0 Å². The fourth-order valence-corrected chi connectivity index (χ4v) is 3.59. The number of piperazine rings is 1. The Morgan fingerprint density at radius 2 is 2.04 bits per heavy atom. The zero-order valence-corrected chi connectivity index (χ0v) is 15.1. The van der Waals surface area contributed by atoms with Crippen LogP contribution in [0.3, 0.4) is 0 Å². The number of nitrogens with zero attached hydrogens (tertiary/aromatic N) is 3. The third-order valence-electron chi connectivity index (χ3n) is 4.98. The Bertz CT molecular complexity index is 642. The molecule has 0 atom stereocenters. The molecule has 1 aromatic rings. The molecule has 24 heavy (non-hydrogen) atoms. The van der Waals surface area contributed by atoms with Gasteiger partial charge in [0.1, 0.15) is 11.9 Å². The van der Waals surface area contributed by atoms with Crippen molar-refractivity contribution < 1.29 is 4.74 Å². The van der Waals surface area contributed by atoms with E-state index in [1.807, 2.05) is 0 Å². The second-order valence-electron chi connectivity index (χ2n) is 7.39. The van der Waals surface area contributed by atoms with Gasteiger partial charge in [0.25, 0.3) is 0 Å². The van der Waals surface area contributed by atoms with Crippen LogP contribution in [0.2, 0.25) is 0 Å². The van der Waals surface area contributed by atoms with Gasteiger partial charge in [0.2, 0.25) is 0 Å². The molecule has 0 aliphatic carbocycles. The molecule has 0 spiro atoms. The summed E-state index contributed by atoms with van der Waals surface area (Å²) in [5.74, 6) is 0.890. The summed E-state index contributed by atoms with van der Waals surface area (Å²) in [5.41, 5.74) is 4.02. The summed E-state index contributed by atoms with van der Waals surface area (Å²) in [5, 5.41) is 13.2. The molecule has 0 aromatic carbocycles. The molecule has 0 saturated carbocycles. The van der Waals surface area contributed by atoms with E-state index in [2.05, 4.69) is 37.1 Å². The summed E-state index contributed by atoms with van der Waals surface area (Å²) in [6, 6.07) is 2.46. The zero-order valence-electron chi connectivity index (χ0n) is 15.1. The lowest BCUT2D eigenvalue weighted by molar-refractivity contribution is -0.0407.